The van der Waals surface area contributed by atoms with Crippen LogP contribution in [-0.4, -0.2) is 30.8 Å². The summed E-state index contributed by atoms with van der Waals surface area (Å²) in [7, 11) is 1.20. The van der Waals surface area contributed by atoms with Gasteiger partial charge in [-0.3, -0.25) is 9.59 Å². The van der Waals surface area contributed by atoms with Crippen LogP contribution in [0.2, 0.25) is 0 Å². The van der Waals surface area contributed by atoms with E-state index < -0.39 is 17.8 Å². The fourth-order valence-corrected chi connectivity index (χ4v) is 2.07. The molecule has 1 unspecified atom stereocenters. The molecule has 0 spiro atoms. The second-order valence-corrected chi connectivity index (χ2v) is 4.41. The minimum absolute atomic E-state index is 0.0738. The highest BCUT2D eigenvalue weighted by Gasteiger charge is 2.29. The smallest absolute Gasteiger partial charge is 0.336 e. The molecule has 1 fully saturated rings. The molecular weight excluding hydrogens is 222 g/mol. The van der Waals surface area contributed by atoms with Gasteiger partial charge in [0.05, 0.1) is 7.11 Å². The van der Waals surface area contributed by atoms with Crippen molar-refractivity contribution in [2.45, 2.75) is 45.1 Å². The highest BCUT2D eigenvalue weighted by Crippen LogP contribution is 2.23. The van der Waals surface area contributed by atoms with Crippen molar-refractivity contribution < 1.29 is 19.1 Å². The van der Waals surface area contributed by atoms with Crippen LogP contribution in [0.15, 0.2) is 0 Å². The molecule has 1 aliphatic rings. The van der Waals surface area contributed by atoms with E-state index in [2.05, 4.69) is 10.1 Å². The number of ether oxygens (including phenoxy) is 1. The molecule has 96 valence electrons. The van der Waals surface area contributed by atoms with Crippen molar-refractivity contribution in [1.29, 1.82) is 0 Å². The van der Waals surface area contributed by atoms with Gasteiger partial charge in [0.15, 0.2) is 11.8 Å². The molecule has 1 saturated carbocycles. The maximum Gasteiger partial charge on any atom is 0.336 e. The SMILES string of the molecule is COC(=O)C(NC(=O)C1CCCCC1)C(C)=O. The average Bonchev–Trinajstić information content (AvgIpc) is 2.35. The van der Waals surface area contributed by atoms with Crippen LogP contribution in [0.5, 0.6) is 0 Å². The van der Waals surface area contributed by atoms with Crippen LogP contribution in [-0.2, 0) is 19.1 Å². The largest absolute Gasteiger partial charge is 0.467 e. The highest BCUT2D eigenvalue weighted by atomic mass is 16.5. The van der Waals surface area contributed by atoms with Crippen LogP contribution < -0.4 is 5.32 Å². The van der Waals surface area contributed by atoms with Crippen molar-refractivity contribution in [2.75, 3.05) is 7.11 Å². The third kappa shape index (κ3) is 3.84. The molecule has 1 rings (SSSR count). The number of ketones is 1. The van der Waals surface area contributed by atoms with E-state index in [9.17, 15) is 14.4 Å². The molecule has 1 amide bonds. The summed E-state index contributed by atoms with van der Waals surface area (Å²) in [5, 5.41) is 2.47. The Hall–Kier alpha value is -1.39. The topological polar surface area (TPSA) is 72.5 Å². The molecule has 0 radical (unpaired) electrons. The lowest BCUT2D eigenvalue weighted by Crippen LogP contribution is -2.48. The van der Waals surface area contributed by atoms with Crippen molar-refractivity contribution in [1.82, 2.24) is 5.32 Å². The van der Waals surface area contributed by atoms with Crippen molar-refractivity contribution in [2.24, 2.45) is 5.92 Å². The van der Waals surface area contributed by atoms with E-state index >= 15 is 0 Å². The molecule has 0 aromatic carbocycles. The lowest BCUT2D eigenvalue weighted by molar-refractivity contribution is -0.148. The lowest BCUT2D eigenvalue weighted by atomic mass is 9.88. The third-order valence-corrected chi connectivity index (χ3v) is 3.11. The zero-order valence-electron chi connectivity index (χ0n) is 10.3. The van der Waals surface area contributed by atoms with Crippen LogP contribution in [0.3, 0.4) is 0 Å². The number of rotatable bonds is 4. The minimum Gasteiger partial charge on any atom is -0.467 e. The van der Waals surface area contributed by atoms with Crippen LogP contribution in [0.25, 0.3) is 0 Å². The molecule has 0 aromatic heterocycles. The summed E-state index contributed by atoms with van der Waals surface area (Å²) in [5.74, 6) is -1.40. The van der Waals surface area contributed by atoms with Gasteiger partial charge in [-0.2, -0.15) is 0 Å². The second-order valence-electron chi connectivity index (χ2n) is 4.41. The normalized spacial score (nSPS) is 18.2. The number of nitrogens with one attached hydrogen (secondary N) is 1. The standard InChI is InChI=1S/C12H19NO4/c1-8(14)10(12(16)17-2)13-11(15)9-6-4-3-5-7-9/h9-10H,3-7H2,1-2H3,(H,13,15). The molecule has 17 heavy (non-hydrogen) atoms. The van der Waals surface area contributed by atoms with Crippen molar-refractivity contribution in [3.63, 3.8) is 0 Å². The molecule has 5 heteroatoms. The number of hydrogen-bond acceptors (Lipinski definition) is 4. The van der Waals surface area contributed by atoms with Gasteiger partial charge in [0, 0.05) is 5.92 Å². The van der Waals surface area contributed by atoms with Gasteiger partial charge in [-0.15, -0.1) is 0 Å². The number of Topliss-reactive ketones (excluding diaryl/α,β-unsaturated/α-hetero) is 1. The summed E-state index contributed by atoms with van der Waals surface area (Å²) in [5.41, 5.74) is 0. The van der Waals surface area contributed by atoms with Gasteiger partial charge in [0.2, 0.25) is 5.91 Å². The van der Waals surface area contributed by atoms with E-state index in [0.29, 0.717) is 0 Å². The number of carbonyl (C=O) groups is 3. The third-order valence-electron chi connectivity index (χ3n) is 3.11. The van der Waals surface area contributed by atoms with Crippen LogP contribution >= 0.6 is 0 Å². The Morgan fingerprint density at radius 2 is 1.76 bits per heavy atom. The van der Waals surface area contributed by atoms with E-state index in [1.807, 2.05) is 0 Å². The monoisotopic (exact) mass is 241 g/mol. The van der Waals surface area contributed by atoms with Crippen LogP contribution in [0, 0.1) is 5.92 Å². The molecule has 0 saturated heterocycles. The fourth-order valence-electron chi connectivity index (χ4n) is 2.07. The van der Waals surface area contributed by atoms with Gasteiger partial charge in [-0.05, 0) is 19.8 Å². The fraction of sp³-hybridized carbons (Fsp3) is 0.750. The molecule has 0 heterocycles. The molecule has 0 bridgehead atoms. The highest BCUT2D eigenvalue weighted by molar-refractivity contribution is 6.04. The molecule has 1 N–H and O–H groups in total. The summed E-state index contributed by atoms with van der Waals surface area (Å²) in [4.78, 5) is 34.4. The van der Waals surface area contributed by atoms with Gasteiger partial charge >= 0.3 is 5.97 Å². The molecule has 1 aliphatic carbocycles. The van der Waals surface area contributed by atoms with E-state index in [-0.39, 0.29) is 11.8 Å². The van der Waals surface area contributed by atoms with E-state index in [0.717, 1.165) is 32.1 Å². The predicted octanol–water partition coefficient (Wildman–Crippen LogP) is 0.813. The van der Waals surface area contributed by atoms with Crippen LogP contribution in [0.1, 0.15) is 39.0 Å². The average molecular weight is 241 g/mol. The maximum absolute atomic E-state index is 11.9. The Balaban J connectivity index is 2.57. The first kappa shape index (κ1) is 13.7. The second kappa shape index (κ2) is 6.37. The summed E-state index contributed by atoms with van der Waals surface area (Å²) in [6, 6.07) is -1.16. The summed E-state index contributed by atoms with van der Waals surface area (Å²) >= 11 is 0. The van der Waals surface area contributed by atoms with Crippen molar-refractivity contribution >= 4 is 17.7 Å². The Morgan fingerprint density at radius 1 is 1.18 bits per heavy atom. The Morgan fingerprint density at radius 3 is 2.24 bits per heavy atom. The van der Waals surface area contributed by atoms with Gasteiger partial charge in [0.25, 0.3) is 0 Å². The molecule has 0 aromatic rings. The predicted molar refractivity (Wildman–Crippen MR) is 61.2 cm³/mol. The quantitative estimate of drug-likeness (QED) is 0.584. The number of amides is 1. The zero-order chi connectivity index (χ0) is 12.8. The minimum atomic E-state index is -1.16. The maximum atomic E-state index is 11.9. The number of carbonyl (C=O) groups excluding carboxylic acids is 3. The Labute approximate surface area is 101 Å². The first-order valence-corrected chi connectivity index (χ1v) is 5.95. The van der Waals surface area contributed by atoms with Gasteiger partial charge < -0.3 is 10.1 Å². The zero-order valence-corrected chi connectivity index (χ0v) is 10.3. The molecular formula is C12H19NO4. The summed E-state index contributed by atoms with van der Waals surface area (Å²) < 4.78 is 4.49. The summed E-state index contributed by atoms with van der Waals surface area (Å²) in [6.07, 6.45) is 4.87. The Kier molecular flexibility index (Phi) is 5.12. The summed E-state index contributed by atoms with van der Waals surface area (Å²) in [6.45, 7) is 1.27. The first-order valence-electron chi connectivity index (χ1n) is 5.95. The van der Waals surface area contributed by atoms with Crippen molar-refractivity contribution in [3.05, 3.63) is 0 Å². The molecule has 1 atom stereocenters. The number of methoxy groups -OCH3 is 1. The van der Waals surface area contributed by atoms with Crippen LogP contribution in [0.4, 0.5) is 0 Å². The lowest BCUT2D eigenvalue weighted by Gasteiger charge is -2.22. The molecule has 0 aliphatic heterocycles. The first-order chi connectivity index (χ1) is 8.06. The number of hydrogen-bond donors (Lipinski definition) is 1. The van der Waals surface area contributed by atoms with E-state index in [1.165, 1.54) is 14.0 Å². The Bertz CT molecular complexity index is 308. The van der Waals surface area contributed by atoms with E-state index in [4.69, 9.17) is 0 Å². The van der Waals surface area contributed by atoms with Gasteiger partial charge in [-0.25, -0.2) is 4.79 Å². The van der Waals surface area contributed by atoms with Crippen molar-refractivity contribution in [3.8, 4) is 0 Å². The van der Waals surface area contributed by atoms with E-state index in [1.54, 1.807) is 0 Å². The van der Waals surface area contributed by atoms with Gasteiger partial charge in [-0.1, -0.05) is 19.3 Å². The molecule has 5 nitrogen and oxygen atoms in total. The number of esters is 1. The van der Waals surface area contributed by atoms with Gasteiger partial charge in [0.1, 0.15) is 0 Å².